The highest BCUT2D eigenvalue weighted by atomic mass is 19.1. The molecule has 0 radical (unpaired) electrons. The summed E-state index contributed by atoms with van der Waals surface area (Å²) in [5, 5.41) is 10.8. The van der Waals surface area contributed by atoms with Gasteiger partial charge in [0.25, 0.3) is 0 Å². The Morgan fingerprint density at radius 2 is 1.84 bits per heavy atom. The van der Waals surface area contributed by atoms with Gasteiger partial charge in [-0.3, -0.25) is 0 Å². The summed E-state index contributed by atoms with van der Waals surface area (Å²) < 4.78 is 20.0. The molecule has 1 fully saturated rings. The maximum Gasteiger partial charge on any atom is 0.148 e. The Morgan fingerprint density at radius 1 is 1.16 bits per heavy atom. The van der Waals surface area contributed by atoms with Gasteiger partial charge in [0.05, 0.1) is 18.9 Å². The fraction of sp³-hybridized carbons (Fsp3) is 0.333. The lowest BCUT2D eigenvalue weighted by Crippen LogP contribution is -2.37. The van der Waals surface area contributed by atoms with Gasteiger partial charge in [-0.05, 0) is 43.7 Å². The van der Waals surface area contributed by atoms with Crippen LogP contribution in [-0.4, -0.2) is 31.4 Å². The first-order chi connectivity index (χ1) is 12.0. The van der Waals surface area contributed by atoms with E-state index in [0.29, 0.717) is 37.6 Å². The van der Waals surface area contributed by atoms with Gasteiger partial charge in [-0.1, -0.05) is 30.0 Å². The standard InChI is InChI=1S/C21H22FNO2/c1-16-14-20(23-10-12-25-13-11-23)19(22)15-18(16)21(2,24)9-8-17-6-4-3-5-7-17/h3-7,14-15,24H,10-13H2,1-2H3. The number of rotatable bonds is 2. The molecule has 0 aliphatic carbocycles. The van der Waals surface area contributed by atoms with Gasteiger partial charge in [0, 0.05) is 24.2 Å². The molecule has 3 nitrogen and oxygen atoms in total. The lowest BCUT2D eigenvalue weighted by Gasteiger charge is -2.30. The van der Waals surface area contributed by atoms with Crippen LogP contribution in [0.2, 0.25) is 0 Å². The lowest BCUT2D eigenvalue weighted by atomic mass is 9.91. The highest BCUT2D eigenvalue weighted by Crippen LogP contribution is 2.30. The number of hydrogen-bond donors (Lipinski definition) is 1. The van der Waals surface area contributed by atoms with Crippen molar-refractivity contribution in [1.82, 2.24) is 0 Å². The summed E-state index contributed by atoms with van der Waals surface area (Å²) in [6.45, 7) is 6.00. The monoisotopic (exact) mass is 339 g/mol. The number of hydrogen-bond acceptors (Lipinski definition) is 3. The van der Waals surface area contributed by atoms with Crippen molar-refractivity contribution in [3.63, 3.8) is 0 Å². The molecule has 1 aliphatic rings. The van der Waals surface area contributed by atoms with Crippen LogP contribution in [0.15, 0.2) is 42.5 Å². The van der Waals surface area contributed by atoms with Crippen molar-refractivity contribution in [1.29, 1.82) is 0 Å². The van der Waals surface area contributed by atoms with E-state index in [1.54, 1.807) is 13.0 Å². The highest BCUT2D eigenvalue weighted by molar-refractivity contribution is 5.55. The fourth-order valence-electron chi connectivity index (χ4n) is 3.02. The van der Waals surface area contributed by atoms with Gasteiger partial charge in [0.1, 0.15) is 11.4 Å². The molecular formula is C21H22FNO2. The molecule has 1 aliphatic heterocycles. The zero-order chi connectivity index (χ0) is 17.9. The van der Waals surface area contributed by atoms with E-state index in [1.807, 2.05) is 42.2 Å². The molecule has 0 aromatic heterocycles. The summed E-state index contributed by atoms with van der Waals surface area (Å²) in [7, 11) is 0. The molecule has 1 heterocycles. The van der Waals surface area contributed by atoms with Crippen molar-refractivity contribution >= 4 is 5.69 Å². The van der Waals surface area contributed by atoms with Crippen molar-refractivity contribution in [2.24, 2.45) is 0 Å². The van der Waals surface area contributed by atoms with Crippen molar-refractivity contribution in [2.75, 3.05) is 31.2 Å². The van der Waals surface area contributed by atoms with Gasteiger partial charge in [-0.15, -0.1) is 0 Å². The van der Waals surface area contributed by atoms with Gasteiger partial charge >= 0.3 is 0 Å². The Bertz CT molecular complexity index is 800. The fourth-order valence-corrected chi connectivity index (χ4v) is 3.02. The van der Waals surface area contributed by atoms with Gasteiger partial charge in [0.2, 0.25) is 0 Å². The van der Waals surface area contributed by atoms with Crippen molar-refractivity contribution in [3.05, 3.63) is 65.0 Å². The first-order valence-electron chi connectivity index (χ1n) is 8.41. The van der Waals surface area contributed by atoms with Crippen molar-refractivity contribution in [3.8, 4) is 11.8 Å². The summed E-state index contributed by atoms with van der Waals surface area (Å²) in [5.74, 6) is 5.48. The Kier molecular flexibility index (Phi) is 5.08. The zero-order valence-corrected chi connectivity index (χ0v) is 14.6. The number of aliphatic hydroxyl groups is 1. The van der Waals surface area contributed by atoms with E-state index in [0.717, 1.165) is 11.1 Å². The van der Waals surface area contributed by atoms with Gasteiger partial charge in [-0.2, -0.15) is 0 Å². The number of morpholine rings is 1. The summed E-state index contributed by atoms with van der Waals surface area (Å²) in [5.41, 5.74) is 1.24. The smallest absolute Gasteiger partial charge is 0.148 e. The van der Waals surface area contributed by atoms with E-state index >= 15 is 0 Å². The van der Waals surface area contributed by atoms with Crippen LogP contribution in [0.25, 0.3) is 0 Å². The number of anilines is 1. The topological polar surface area (TPSA) is 32.7 Å². The van der Waals surface area contributed by atoms with Crippen LogP contribution in [0.4, 0.5) is 10.1 Å². The molecule has 0 spiro atoms. The Morgan fingerprint density at radius 3 is 2.52 bits per heavy atom. The van der Waals surface area contributed by atoms with Crippen LogP contribution in [0.5, 0.6) is 0 Å². The minimum atomic E-state index is -1.43. The second-order valence-electron chi connectivity index (χ2n) is 6.41. The number of benzene rings is 2. The number of ether oxygens (including phenoxy) is 1. The highest BCUT2D eigenvalue weighted by Gasteiger charge is 2.25. The molecule has 130 valence electrons. The third kappa shape index (κ3) is 4.01. The largest absolute Gasteiger partial charge is 0.378 e. The molecule has 3 rings (SSSR count). The molecule has 2 aromatic rings. The SMILES string of the molecule is Cc1cc(N2CCOCC2)c(F)cc1C(C)(O)C#Cc1ccccc1. The second-order valence-corrected chi connectivity index (χ2v) is 6.41. The molecule has 2 aromatic carbocycles. The Hall–Kier alpha value is -2.35. The summed E-state index contributed by atoms with van der Waals surface area (Å²) in [4.78, 5) is 1.97. The molecule has 0 amide bonds. The van der Waals surface area contributed by atoms with E-state index in [2.05, 4.69) is 11.8 Å². The van der Waals surface area contributed by atoms with Crippen LogP contribution in [0.3, 0.4) is 0 Å². The van der Waals surface area contributed by atoms with Gasteiger partial charge < -0.3 is 14.7 Å². The molecule has 1 atom stereocenters. The van der Waals surface area contributed by atoms with E-state index in [4.69, 9.17) is 4.74 Å². The molecule has 1 unspecified atom stereocenters. The second kappa shape index (κ2) is 7.26. The molecule has 0 bridgehead atoms. The number of aryl methyl sites for hydroxylation is 1. The minimum Gasteiger partial charge on any atom is -0.378 e. The number of halogens is 1. The average Bonchev–Trinajstić information content (AvgIpc) is 2.63. The first-order valence-corrected chi connectivity index (χ1v) is 8.41. The average molecular weight is 339 g/mol. The summed E-state index contributed by atoms with van der Waals surface area (Å²) in [6, 6.07) is 12.6. The Labute approximate surface area is 148 Å². The van der Waals surface area contributed by atoms with Crippen LogP contribution >= 0.6 is 0 Å². The van der Waals surface area contributed by atoms with E-state index in [9.17, 15) is 9.50 Å². The molecule has 1 N–H and O–H groups in total. The quantitative estimate of drug-likeness (QED) is 0.853. The molecule has 1 saturated heterocycles. The normalized spacial score (nSPS) is 16.7. The van der Waals surface area contributed by atoms with Crippen molar-refractivity contribution in [2.45, 2.75) is 19.4 Å². The zero-order valence-electron chi connectivity index (χ0n) is 14.6. The van der Waals surface area contributed by atoms with Crippen LogP contribution in [0, 0.1) is 24.6 Å². The summed E-state index contributed by atoms with van der Waals surface area (Å²) in [6.07, 6.45) is 0. The minimum absolute atomic E-state index is 0.343. The van der Waals surface area contributed by atoms with Gasteiger partial charge in [-0.25, -0.2) is 4.39 Å². The van der Waals surface area contributed by atoms with Gasteiger partial charge in [0.15, 0.2) is 0 Å². The lowest BCUT2D eigenvalue weighted by molar-refractivity contribution is 0.120. The number of nitrogens with zero attached hydrogens (tertiary/aromatic N) is 1. The first kappa shape index (κ1) is 17.5. The molecule has 4 heteroatoms. The molecule has 0 saturated carbocycles. The molecular weight excluding hydrogens is 317 g/mol. The van der Waals surface area contributed by atoms with E-state index in [-0.39, 0.29) is 5.82 Å². The maximum atomic E-state index is 14.7. The third-order valence-corrected chi connectivity index (χ3v) is 4.39. The Balaban J connectivity index is 1.91. The van der Waals surface area contributed by atoms with Crippen LogP contribution in [-0.2, 0) is 10.3 Å². The summed E-state index contributed by atoms with van der Waals surface area (Å²) >= 11 is 0. The van der Waals surface area contributed by atoms with E-state index < -0.39 is 5.60 Å². The maximum absolute atomic E-state index is 14.7. The predicted octanol–water partition coefficient (Wildman–Crippen LogP) is 3.23. The van der Waals surface area contributed by atoms with E-state index in [1.165, 1.54) is 6.07 Å². The molecule has 25 heavy (non-hydrogen) atoms. The van der Waals surface area contributed by atoms with Crippen molar-refractivity contribution < 1.29 is 14.2 Å². The third-order valence-electron chi connectivity index (χ3n) is 4.39. The predicted molar refractivity (Wildman–Crippen MR) is 97.1 cm³/mol. The van der Waals surface area contributed by atoms with Crippen LogP contribution in [0.1, 0.15) is 23.6 Å². The van der Waals surface area contributed by atoms with Crippen LogP contribution < -0.4 is 4.90 Å².